The van der Waals surface area contributed by atoms with Crippen LogP contribution in [0.2, 0.25) is 5.02 Å². The minimum atomic E-state index is 0.464. The third-order valence-electron chi connectivity index (χ3n) is 8.61. The number of methoxy groups -OCH3 is 1. The molecule has 4 heterocycles. The molecular weight excluding hydrogens is 446 g/mol. The predicted octanol–water partition coefficient (Wildman–Crippen LogP) is 4.53. The first-order valence-corrected chi connectivity index (χ1v) is 12.7. The van der Waals surface area contributed by atoms with Crippen LogP contribution in [0.1, 0.15) is 24.6 Å². The van der Waals surface area contributed by atoms with Crippen molar-refractivity contribution in [3.63, 3.8) is 0 Å². The van der Waals surface area contributed by atoms with E-state index in [1.54, 1.807) is 7.11 Å². The van der Waals surface area contributed by atoms with E-state index in [9.17, 15) is 0 Å². The Bertz CT molecular complexity index is 1260. The SMILES string of the molecule is COc1nc2c(c(N3C[C@H]4C[C@H](C)[C@@H](C3)[N+]4(C)C)n1)CCN(c1cccc3cccc(Cl)c13)C2. The Hall–Kier alpha value is -2.57. The van der Waals surface area contributed by atoms with Gasteiger partial charge in [-0.2, -0.15) is 9.97 Å². The Balaban J connectivity index is 1.37. The molecule has 0 saturated carbocycles. The lowest BCUT2D eigenvalue weighted by atomic mass is 10.0. The van der Waals surface area contributed by atoms with E-state index in [4.69, 9.17) is 26.3 Å². The van der Waals surface area contributed by atoms with Crippen molar-refractivity contribution in [3.8, 4) is 6.01 Å². The summed E-state index contributed by atoms with van der Waals surface area (Å²) in [6.45, 7) is 6.14. The molecule has 178 valence electrons. The smallest absolute Gasteiger partial charge is 0.318 e. The van der Waals surface area contributed by atoms with Crippen LogP contribution in [0.3, 0.4) is 0 Å². The van der Waals surface area contributed by atoms with Gasteiger partial charge in [0.05, 0.1) is 51.6 Å². The maximum absolute atomic E-state index is 6.64. The summed E-state index contributed by atoms with van der Waals surface area (Å²) in [6.07, 6.45) is 2.20. The summed E-state index contributed by atoms with van der Waals surface area (Å²) in [4.78, 5) is 14.7. The van der Waals surface area contributed by atoms with Crippen LogP contribution in [0.25, 0.3) is 10.8 Å². The molecule has 6 nitrogen and oxygen atoms in total. The van der Waals surface area contributed by atoms with E-state index < -0.39 is 0 Å². The second-order valence-corrected chi connectivity index (χ2v) is 11.1. The molecule has 2 aromatic carbocycles. The minimum Gasteiger partial charge on any atom is -0.467 e. The standard InChI is InChI=1S/C27H33ClN5O/c1-17-13-19-14-32(16-24(17)33(19,2)3)26-20-11-12-31(15-22(20)29-27(30-26)34-4)23-10-6-8-18-7-5-9-21(28)25(18)23/h5-10,17,19,24H,11-16H2,1-4H3/q+1/t17-,19+,24+/m0/s1. The van der Waals surface area contributed by atoms with Crippen LogP contribution in [-0.2, 0) is 13.0 Å². The fourth-order valence-electron chi connectivity index (χ4n) is 6.67. The van der Waals surface area contributed by atoms with Gasteiger partial charge >= 0.3 is 6.01 Å². The number of nitrogens with zero attached hydrogens (tertiary/aromatic N) is 5. The number of aromatic nitrogens is 2. The fraction of sp³-hybridized carbons (Fsp3) is 0.481. The summed E-state index contributed by atoms with van der Waals surface area (Å²) in [5, 5.41) is 3.06. The third kappa shape index (κ3) is 3.34. The van der Waals surface area contributed by atoms with Crippen molar-refractivity contribution in [2.24, 2.45) is 5.92 Å². The van der Waals surface area contributed by atoms with E-state index in [0.29, 0.717) is 18.1 Å². The Morgan fingerprint density at radius 2 is 1.85 bits per heavy atom. The zero-order valence-electron chi connectivity index (χ0n) is 20.5. The van der Waals surface area contributed by atoms with Crippen LogP contribution < -0.4 is 14.5 Å². The van der Waals surface area contributed by atoms with Gasteiger partial charge in [-0.1, -0.05) is 42.8 Å². The van der Waals surface area contributed by atoms with E-state index in [-0.39, 0.29) is 0 Å². The van der Waals surface area contributed by atoms with E-state index in [1.165, 1.54) is 12.0 Å². The minimum absolute atomic E-state index is 0.464. The third-order valence-corrected chi connectivity index (χ3v) is 8.93. The van der Waals surface area contributed by atoms with E-state index >= 15 is 0 Å². The summed E-state index contributed by atoms with van der Waals surface area (Å²) >= 11 is 6.64. The van der Waals surface area contributed by atoms with Gasteiger partial charge in [0.15, 0.2) is 0 Å². The number of quaternary nitrogens is 1. The van der Waals surface area contributed by atoms with E-state index in [0.717, 1.165) is 76.0 Å². The molecule has 0 aliphatic carbocycles. The van der Waals surface area contributed by atoms with Crippen LogP contribution in [0, 0.1) is 5.92 Å². The number of ether oxygens (including phenoxy) is 1. The molecule has 0 N–H and O–H groups in total. The normalized spacial score (nSPS) is 25.5. The van der Waals surface area contributed by atoms with E-state index in [2.05, 4.69) is 55.1 Å². The van der Waals surface area contributed by atoms with Gasteiger partial charge in [-0.25, -0.2) is 0 Å². The van der Waals surface area contributed by atoms with Crippen molar-refractivity contribution in [3.05, 3.63) is 52.7 Å². The lowest BCUT2D eigenvalue weighted by Crippen LogP contribution is -2.63. The van der Waals surface area contributed by atoms with Crippen LogP contribution in [0.5, 0.6) is 6.01 Å². The first-order valence-electron chi connectivity index (χ1n) is 12.3. The lowest BCUT2D eigenvalue weighted by Gasteiger charge is -2.47. The summed E-state index contributed by atoms with van der Waals surface area (Å²) in [6, 6.07) is 14.2. The molecule has 3 aromatic rings. The van der Waals surface area contributed by atoms with Crippen molar-refractivity contribution < 1.29 is 9.22 Å². The highest BCUT2D eigenvalue weighted by Gasteiger charge is 2.53. The summed E-state index contributed by atoms with van der Waals surface area (Å²) in [5.74, 6) is 1.82. The molecular formula is C27H33ClN5O+. The molecule has 3 aliphatic rings. The van der Waals surface area contributed by atoms with E-state index in [1.807, 2.05) is 12.1 Å². The average Bonchev–Trinajstić information content (AvgIpc) is 2.95. The molecule has 1 aromatic heterocycles. The number of hydrogen-bond acceptors (Lipinski definition) is 5. The summed E-state index contributed by atoms with van der Waals surface area (Å²) in [5.41, 5.74) is 3.51. The molecule has 34 heavy (non-hydrogen) atoms. The molecule has 0 unspecified atom stereocenters. The zero-order chi connectivity index (χ0) is 23.6. The average molecular weight is 479 g/mol. The molecule has 3 aliphatic heterocycles. The fourth-order valence-corrected chi connectivity index (χ4v) is 6.95. The molecule has 2 fully saturated rings. The maximum atomic E-state index is 6.64. The number of piperazine rings is 1. The summed E-state index contributed by atoms with van der Waals surface area (Å²) < 4.78 is 6.70. The number of likely N-dealkylation sites (N-methyl/N-ethyl adjacent to an activating group) is 1. The first-order chi connectivity index (χ1) is 16.4. The highest BCUT2D eigenvalue weighted by atomic mass is 35.5. The second kappa shape index (κ2) is 7.99. The van der Waals surface area contributed by atoms with Crippen LogP contribution in [0.15, 0.2) is 36.4 Å². The highest BCUT2D eigenvalue weighted by molar-refractivity contribution is 6.36. The van der Waals surface area contributed by atoms with Gasteiger partial charge in [0, 0.05) is 35.5 Å². The monoisotopic (exact) mass is 478 g/mol. The number of benzene rings is 2. The maximum Gasteiger partial charge on any atom is 0.318 e. The van der Waals surface area contributed by atoms with Gasteiger partial charge in [0.25, 0.3) is 0 Å². The number of fused-ring (bicyclic) bond motifs is 4. The largest absolute Gasteiger partial charge is 0.467 e. The Labute approximate surface area is 206 Å². The Morgan fingerprint density at radius 3 is 2.62 bits per heavy atom. The van der Waals surface area contributed by atoms with Crippen molar-refractivity contribution in [1.82, 2.24) is 9.97 Å². The van der Waals surface area contributed by atoms with Gasteiger partial charge in [0.2, 0.25) is 0 Å². The Morgan fingerprint density at radius 1 is 1.06 bits per heavy atom. The quantitative estimate of drug-likeness (QED) is 0.517. The molecule has 0 spiro atoms. The Kier molecular flexibility index (Phi) is 5.15. The molecule has 0 amide bonds. The van der Waals surface area contributed by atoms with Crippen molar-refractivity contribution >= 4 is 33.9 Å². The van der Waals surface area contributed by atoms with Crippen LogP contribution in [0.4, 0.5) is 11.5 Å². The first kappa shape index (κ1) is 21.9. The molecule has 6 rings (SSSR count). The lowest BCUT2D eigenvalue weighted by molar-refractivity contribution is -0.927. The molecule has 3 atom stereocenters. The van der Waals surface area contributed by atoms with Gasteiger partial charge < -0.3 is 19.0 Å². The highest BCUT2D eigenvalue weighted by Crippen LogP contribution is 2.42. The second-order valence-electron chi connectivity index (χ2n) is 10.7. The zero-order valence-corrected chi connectivity index (χ0v) is 21.2. The molecule has 0 radical (unpaired) electrons. The van der Waals surface area contributed by atoms with Gasteiger partial charge in [-0.3, -0.25) is 0 Å². The number of rotatable bonds is 3. The topological polar surface area (TPSA) is 41.5 Å². The number of halogens is 1. The van der Waals surface area contributed by atoms with Crippen LogP contribution in [-0.4, -0.2) is 67.4 Å². The van der Waals surface area contributed by atoms with Crippen molar-refractivity contribution in [2.45, 2.75) is 38.4 Å². The van der Waals surface area contributed by atoms with Crippen molar-refractivity contribution in [1.29, 1.82) is 0 Å². The van der Waals surface area contributed by atoms with Gasteiger partial charge in [0.1, 0.15) is 17.9 Å². The summed E-state index contributed by atoms with van der Waals surface area (Å²) in [7, 11) is 6.47. The van der Waals surface area contributed by atoms with Crippen LogP contribution >= 0.6 is 11.6 Å². The van der Waals surface area contributed by atoms with Gasteiger partial charge in [-0.15, -0.1) is 0 Å². The predicted molar refractivity (Wildman–Crippen MR) is 138 cm³/mol. The molecule has 7 heteroatoms. The number of anilines is 2. The molecule has 2 bridgehead atoms. The molecule has 2 saturated heterocycles. The number of hydrogen-bond donors (Lipinski definition) is 0. The van der Waals surface area contributed by atoms with Crippen molar-refractivity contribution in [2.75, 3.05) is 50.6 Å². The van der Waals surface area contributed by atoms with Gasteiger partial charge in [-0.05, 0) is 23.9 Å².